The van der Waals surface area contributed by atoms with Gasteiger partial charge in [0.2, 0.25) is 0 Å². The van der Waals surface area contributed by atoms with Gasteiger partial charge in [-0.2, -0.15) is 0 Å². The van der Waals surface area contributed by atoms with Crippen LogP contribution < -0.4 is 5.73 Å². The maximum absolute atomic E-state index is 11.2. The second-order valence-corrected chi connectivity index (χ2v) is 7.05. The molecule has 0 aliphatic heterocycles. The molecule has 0 heterocycles. The number of fused-ring (bicyclic) bond motifs is 1. The van der Waals surface area contributed by atoms with E-state index in [1.165, 1.54) is 32.1 Å². The van der Waals surface area contributed by atoms with Crippen molar-refractivity contribution in [2.45, 2.75) is 38.5 Å². The van der Waals surface area contributed by atoms with E-state index in [1.54, 1.807) is 0 Å². The number of rotatable bonds is 3. The summed E-state index contributed by atoms with van der Waals surface area (Å²) in [4.78, 5) is 11.2. The van der Waals surface area contributed by atoms with Gasteiger partial charge in [-0.1, -0.05) is 0 Å². The van der Waals surface area contributed by atoms with Crippen LogP contribution in [-0.2, 0) is 4.79 Å². The number of carboxylic acid groups (broad SMARTS) is 1. The van der Waals surface area contributed by atoms with Gasteiger partial charge < -0.3 is 10.8 Å². The fourth-order valence-electron chi connectivity index (χ4n) is 6.09. The fourth-order valence-corrected chi connectivity index (χ4v) is 6.09. The Morgan fingerprint density at radius 2 is 1.94 bits per heavy atom. The average molecular weight is 235 g/mol. The molecule has 0 saturated heterocycles. The van der Waals surface area contributed by atoms with Gasteiger partial charge in [-0.15, -0.1) is 0 Å². The number of carbonyl (C=O) groups is 1. The van der Waals surface area contributed by atoms with Gasteiger partial charge in [0.1, 0.15) is 0 Å². The molecule has 4 fully saturated rings. The van der Waals surface area contributed by atoms with Crippen LogP contribution in [0.4, 0.5) is 0 Å². The highest BCUT2D eigenvalue weighted by atomic mass is 16.4. The molecule has 3 heteroatoms. The number of carboxylic acids is 1. The molecule has 1 spiro atoms. The summed E-state index contributed by atoms with van der Waals surface area (Å²) in [5, 5.41) is 9.18. The summed E-state index contributed by atoms with van der Waals surface area (Å²) in [5.41, 5.74) is 6.63. The monoisotopic (exact) mass is 235 g/mol. The fraction of sp³-hybridized carbons (Fsp3) is 0.929. The largest absolute Gasteiger partial charge is 0.481 e. The Morgan fingerprint density at radius 3 is 2.53 bits per heavy atom. The Balaban J connectivity index is 1.69. The van der Waals surface area contributed by atoms with Gasteiger partial charge in [-0.25, -0.2) is 0 Å². The molecule has 0 bridgehead atoms. The number of nitrogens with two attached hydrogens (primary N) is 1. The SMILES string of the molecule is NC[C@]1(CC(=O)O)[C@@H]2CC3(CC3)[C@@H]3CC[C@H]1[C@@H]32. The first kappa shape index (κ1) is 10.4. The zero-order valence-corrected chi connectivity index (χ0v) is 10.2. The third kappa shape index (κ3) is 1.01. The standard InChI is InChI=1S/C14H21NO2/c15-7-14(6-11(16)17)9-2-1-8-12(9)10(14)5-13(8)3-4-13/h8-10,12H,1-7,15H2,(H,16,17)/t8-,9+,10-,12-,14+/m1/s1. The van der Waals surface area contributed by atoms with E-state index in [2.05, 4.69) is 0 Å². The van der Waals surface area contributed by atoms with Crippen molar-refractivity contribution in [2.75, 3.05) is 6.54 Å². The number of aliphatic carboxylic acids is 1. The van der Waals surface area contributed by atoms with Crippen molar-refractivity contribution in [1.29, 1.82) is 0 Å². The number of hydrogen-bond donors (Lipinski definition) is 2. The summed E-state index contributed by atoms with van der Waals surface area (Å²) < 4.78 is 0. The Hall–Kier alpha value is -0.570. The zero-order chi connectivity index (χ0) is 11.8. The maximum atomic E-state index is 11.2. The van der Waals surface area contributed by atoms with Crippen LogP contribution in [-0.4, -0.2) is 17.6 Å². The van der Waals surface area contributed by atoms with E-state index >= 15 is 0 Å². The minimum absolute atomic E-state index is 0.0304. The summed E-state index contributed by atoms with van der Waals surface area (Å²) in [6, 6.07) is 0. The maximum Gasteiger partial charge on any atom is 0.303 e. The first-order valence-corrected chi connectivity index (χ1v) is 7.05. The van der Waals surface area contributed by atoms with Gasteiger partial charge in [0.25, 0.3) is 0 Å². The Kier molecular flexibility index (Phi) is 1.75. The molecular formula is C14H21NO2. The molecule has 4 saturated carbocycles. The third-order valence-corrected chi connectivity index (χ3v) is 6.83. The van der Waals surface area contributed by atoms with Crippen molar-refractivity contribution in [1.82, 2.24) is 0 Å². The Morgan fingerprint density at radius 1 is 1.24 bits per heavy atom. The molecule has 3 nitrogen and oxygen atoms in total. The molecule has 5 atom stereocenters. The van der Waals surface area contributed by atoms with Crippen molar-refractivity contribution >= 4 is 5.97 Å². The van der Waals surface area contributed by atoms with Crippen LogP contribution in [0.2, 0.25) is 0 Å². The molecule has 4 rings (SSSR count). The molecule has 0 unspecified atom stereocenters. The summed E-state index contributed by atoms with van der Waals surface area (Å²) in [6.07, 6.45) is 7.03. The number of hydrogen-bond acceptors (Lipinski definition) is 2. The summed E-state index contributed by atoms with van der Waals surface area (Å²) in [6.45, 7) is 0.591. The summed E-state index contributed by atoms with van der Waals surface area (Å²) in [7, 11) is 0. The Labute approximate surface area is 102 Å². The molecular weight excluding hydrogens is 214 g/mol. The van der Waals surface area contributed by atoms with Crippen LogP contribution in [0.15, 0.2) is 0 Å². The van der Waals surface area contributed by atoms with Gasteiger partial charge in [0.15, 0.2) is 0 Å². The highest BCUT2D eigenvalue weighted by molar-refractivity contribution is 5.68. The minimum atomic E-state index is -0.644. The highest BCUT2D eigenvalue weighted by Gasteiger charge is 2.75. The predicted molar refractivity (Wildman–Crippen MR) is 63.2 cm³/mol. The molecule has 0 aromatic carbocycles. The van der Waals surface area contributed by atoms with Crippen molar-refractivity contribution in [3.8, 4) is 0 Å². The summed E-state index contributed by atoms with van der Waals surface area (Å²) >= 11 is 0. The van der Waals surface area contributed by atoms with Crippen molar-refractivity contribution < 1.29 is 9.90 Å². The van der Waals surface area contributed by atoms with Crippen LogP contribution in [0, 0.1) is 34.5 Å². The van der Waals surface area contributed by atoms with E-state index in [4.69, 9.17) is 5.73 Å². The van der Waals surface area contributed by atoms with E-state index < -0.39 is 5.97 Å². The minimum Gasteiger partial charge on any atom is -0.481 e. The lowest BCUT2D eigenvalue weighted by molar-refractivity contribution is -0.153. The first-order chi connectivity index (χ1) is 8.13. The summed E-state index contributed by atoms with van der Waals surface area (Å²) in [5.74, 6) is 2.42. The van der Waals surface area contributed by atoms with Crippen molar-refractivity contribution in [3.05, 3.63) is 0 Å². The second-order valence-electron chi connectivity index (χ2n) is 7.05. The molecule has 4 aliphatic rings. The predicted octanol–water partition coefficient (Wildman–Crippen LogP) is 1.86. The van der Waals surface area contributed by atoms with Gasteiger partial charge in [-0.3, -0.25) is 4.79 Å². The quantitative estimate of drug-likeness (QED) is 0.785. The molecule has 94 valence electrons. The van der Waals surface area contributed by atoms with E-state index in [0.717, 1.165) is 11.8 Å². The second kappa shape index (κ2) is 2.87. The van der Waals surface area contributed by atoms with Gasteiger partial charge >= 0.3 is 5.97 Å². The smallest absolute Gasteiger partial charge is 0.303 e. The van der Waals surface area contributed by atoms with Crippen LogP contribution in [0.5, 0.6) is 0 Å². The first-order valence-electron chi connectivity index (χ1n) is 7.05. The lowest BCUT2D eigenvalue weighted by Crippen LogP contribution is -2.58. The van der Waals surface area contributed by atoms with Crippen LogP contribution in [0.25, 0.3) is 0 Å². The molecule has 0 aromatic heterocycles. The normalized spacial score (nSPS) is 52.3. The molecule has 3 N–H and O–H groups in total. The van der Waals surface area contributed by atoms with E-state index in [-0.39, 0.29) is 5.41 Å². The van der Waals surface area contributed by atoms with Gasteiger partial charge in [0.05, 0.1) is 6.42 Å². The van der Waals surface area contributed by atoms with Crippen LogP contribution in [0.1, 0.15) is 38.5 Å². The lowest BCUT2D eigenvalue weighted by atomic mass is 9.47. The zero-order valence-electron chi connectivity index (χ0n) is 10.2. The van der Waals surface area contributed by atoms with E-state index in [9.17, 15) is 9.90 Å². The van der Waals surface area contributed by atoms with Crippen molar-refractivity contribution in [3.63, 3.8) is 0 Å². The highest BCUT2D eigenvalue weighted by Crippen LogP contribution is 2.81. The van der Waals surface area contributed by atoms with Gasteiger partial charge in [0, 0.05) is 0 Å². The molecule has 0 aromatic rings. The molecule has 4 aliphatic carbocycles. The molecule has 17 heavy (non-hydrogen) atoms. The third-order valence-electron chi connectivity index (χ3n) is 6.83. The lowest BCUT2D eigenvalue weighted by Gasteiger charge is -2.57. The van der Waals surface area contributed by atoms with E-state index in [1.807, 2.05) is 0 Å². The van der Waals surface area contributed by atoms with Crippen LogP contribution in [0.3, 0.4) is 0 Å². The molecule has 0 radical (unpaired) electrons. The van der Waals surface area contributed by atoms with Crippen molar-refractivity contribution in [2.24, 2.45) is 40.2 Å². The van der Waals surface area contributed by atoms with Gasteiger partial charge in [-0.05, 0) is 73.2 Å². The van der Waals surface area contributed by atoms with E-state index in [0.29, 0.717) is 30.2 Å². The average Bonchev–Trinajstić information content (AvgIpc) is 2.86. The molecule has 0 amide bonds. The Bertz CT molecular complexity index is 390. The van der Waals surface area contributed by atoms with Crippen LogP contribution >= 0.6 is 0 Å². The topological polar surface area (TPSA) is 63.3 Å².